The number of hydrogen-bond donors (Lipinski definition) is 1. The van der Waals surface area contributed by atoms with Crippen LogP contribution in [0.4, 0.5) is 0 Å². The van der Waals surface area contributed by atoms with Gasteiger partial charge in [-0.15, -0.1) is 12.4 Å². The highest BCUT2D eigenvalue weighted by Crippen LogP contribution is 2.33. The summed E-state index contributed by atoms with van der Waals surface area (Å²) >= 11 is 3.41. The molecule has 1 atom stereocenters. The van der Waals surface area contributed by atoms with Crippen LogP contribution in [0.25, 0.3) is 22.2 Å². The zero-order valence-corrected chi connectivity index (χ0v) is 16.2. The molecule has 4 nitrogen and oxygen atoms in total. The van der Waals surface area contributed by atoms with E-state index in [4.69, 9.17) is 10.3 Å². The second-order valence-corrected chi connectivity index (χ2v) is 6.69. The highest BCUT2D eigenvalue weighted by atomic mass is 79.9. The molecule has 2 heterocycles. The Balaban J connectivity index is 0.00000196. The van der Waals surface area contributed by atoms with Crippen LogP contribution in [-0.2, 0) is 6.42 Å². The molecule has 0 bridgehead atoms. The third-order valence-electron chi connectivity index (χ3n) is 4.19. The molecular formula is C20H17BrClN3O. The van der Waals surface area contributed by atoms with E-state index >= 15 is 0 Å². The van der Waals surface area contributed by atoms with E-state index in [-0.39, 0.29) is 18.4 Å². The van der Waals surface area contributed by atoms with Crippen LogP contribution in [0.3, 0.4) is 0 Å². The van der Waals surface area contributed by atoms with Crippen molar-refractivity contribution >= 4 is 39.3 Å². The van der Waals surface area contributed by atoms with Crippen LogP contribution >= 0.6 is 28.3 Å². The molecule has 2 N–H and O–H groups in total. The van der Waals surface area contributed by atoms with Gasteiger partial charge in [0.1, 0.15) is 10.3 Å². The predicted molar refractivity (Wildman–Crippen MR) is 109 cm³/mol. The van der Waals surface area contributed by atoms with E-state index in [9.17, 15) is 0 Å². The van der Waals surface area contributed by atoms with Crippen molar-refractivity contribution in [1.29, 1.82) is 0 Å². The van der Waals surface area contributed by atoms with Crippen LogP contribution in [0.15, 0.2) is 75.9 Å². The predicted octanol–water partition coefficient (Wildman–Crippen LogP) is 5.32. The van der Waals surface area contributed by atoms with Crippen molar-refractivity contribution in [1.82, 2.24) is 10.1 Å². The molecule has 0 saturated carbocycles. The van der Waals surface area contributed by atoms with E-state index in [1.165, 1.54) is 0 Å². The average Bonchev–Trinajstić information content (AvgIpc) is 3.06. The molecule has 0 saturated heterocycles. The van der Waals surface area contributed by atoms with Gasteiger partial charge in [0.15, 0.2) is 5.58 Å². The Morgan fingerprint density at radius 3 is 2.58 bits per heavy atom. The lowest BCUT2D eigenvalue weighted by Gasteiger charge is -2.15. The van der Waals surface area contributed by atoms with Gasteiger partial charge in [-0.2, -0.15) is 0 Å². The highest BCUT2D eigenvalue weighted by molar-refractivity contribution is 9.10. The van der Waals surface area contributed by atoms with Crippen LogP contribution in [0.1, 0.15) is 17.3 Å². The number of benzene rings is 2. The van der Waals surface area contributed by atoms with E-state index in [0.717, 1.165) is 38.1 Å². The summed E-state index contributed by atoms with van der Waals surface area (Å²) in [5, 5.41) is 5.26. The van der Waals surface area contributed by atoms with Gasteiger partial charge in [-0.3, -0.25) is 0 Å². The van der Waals surface area contributed by atoms with Crippen LogP contribution in [0.2, 0.25) is 0 Å². The molecule has 0 radical (unpaired) electrons. The van der Waals surface area contributed by atoms with Crippen LogP contribution in [0.5, 0.6) is 0 Å². The first-order valence-electron chi connectivity index (χ1n) is 8.03. The molecule has 0 spiro atoms. The van der Waals surface area contributed by atoms with E-state index in [2.05, 4.69) is 26.1 Å². The quantitative estimate of drug-likeness (QED) is 0.445. The minimum Gasteiger partial charge on any atom is -0.356 e. The van der Waals surface area contributed by atoms with E-state index in [0.29, 0.717) is 6.42 Å². The Bertz CT molecular complexity index is 1030. The number of rotatable bonds is 4. The van der Waals surface area contributed by atoms with Crippen molar-refractivity contribution in [2.24, 2.45) is 5.73 Å². The minimum absolute atomic E-state index is 0. The second-order valence-electron chi connectivity index (χ2n) is 5.88. The summed E-state index contributed by atoms with van der Waals surface area (Å²) < 4.78 is 6.28. The molecule has 4 rings (SSSR count). The molecule has 0 aliphatic carbocycles. The maximum absolute atomic E-state index is 6.51. The van der Waals surface area contributed by atoms with E-state index in [1.54, 1.807) is 0 Å². The number of fused-ring (bicyclic) bond motifs is 1. The Morgan fingerprint density at radius 2 is 1.73 bits per heavy atom. The average molecular weight is 431 g/mol. The number of pyridine rings is 1. The Morgan fingerprint density at radius 1 is 0.962 bits per heavy atom. The maximum Gasteiger partial charge on any atom is 0.167 e. The normalized spacial score (nSPS) is 11.9. The summed E-state index contributed by atoms with van der Waals surface area (Å²) in [4.78, 5) is 4.48. The lowest BCUT2D eigenvalue weighted by molar-refractivity contribution is 0.459. The molecule has 0 amide bonds. The van der Waals surface area contributed by atoms with Crippen molar-refractivity contribution in [2.75, 3.05) is 0 Å². The Kier molecular flexibility index (Phi) is 5.71. The largest absolute Gasteiger partial charge is 0.356 e. The topological polar surface area (TPSA) is 64.9 Å². The van der Waals surface area contributed by atoms with Crippen molar-refractivity contribution in [3.8, 4) is 11.3 Å². The summed E-state index contributed by atoms with van der Waals surface area (Å²) in [6.45, 7) is 0. The van der Waals surface area contributed by atoms with E-state index < -0.39 is 0 Å². The summed E-state index contributed by atoms with van der Waals surface area (Å²) in [6.07, 6.45) is 0.645. The fourth-order valence-electron chi connectivity index (χ4n) is 3.02. The molecule has 132 valence electrons. The SMILES string of the molecule is Cl.NC(Cc1cccc(Br)n1)c1ccccc1-c1noc2ccccc12. The number of para-hydroxylation sites is 1. The molecular weight excluding hydrogens is 414 g/mol. The Hall–Kier alpha value is -2.21. The standard InChI is InChI=1S/C20H16BrN3O.ClH/c21-19-11-5-6-13(23-19)12-17(22)14-7-1-2-8-15(14)20-16-9-3-4-10-18(16)25-24-20;/h1-11,17H,12,22H2;1H. The van der Waals surface area contributed by atoms with Gasteiger partial charge in [-0.1, -0.05) is 47.6 Å². The Labute approximate surface area is 166 Å². The summed E-state index contributed by atoms with van der Waals surface area (Å²) in [5.41, 5.74) is 11.1. The lowest BCUT2D eigenvalue weighted by atomic mass is 9.94. The van der Waals surface area contributed by atoms with Gasteiger partial charge in [0.05, 0.1) is 0 Å². The van der Waals surface area contributed by atoms with Gasteiger partial charge in [0, 0.05) is 29.1 Å². The van der Waals surface area contributed by atoms with Crippen LogP contribution < -0.4 is 5.73 Å². The smallest absolute Gasteiger partial charge is 0.167 e. The van der Waals surface area contributed by atoms with Crippen molar-refractivity contribution < 1.29 is 4.52 Å². The fourth-order valence-corrected chi connectivity index (χ4v) is 3.40. The second kappa shape index (κ2) is 7.99. The molecule has 0 fully saturated rings. The molecule has 0 aliphatic rings. The van der Waals surface area contributed by atoms with Gasteiger partial charge in [-0.05, 0) is 45.8 Å². The maximum atomic E-state index is 6.51. The first-order valence-corrected chi connectivity index (χ1v) is 8.82. The number of aromatic nitrogens is 2. The number of hydrogen-bond acceptors (Lipinski definition) is 4. The lowest BCUT2D eigenvalue weighted by Crippen LogP contribution is -2.15. The van der Waals surface area contributed by atoms with Crippen molar-refractivity contribution in [3.63, 3.8) is 0 Å². The third-order valence-corrected chi connectivity index (χ3v) is 4.64. The molecule has 26 heavy (non-hydrogen) atoms. The fraction of sp³-hybridized carbons (Fsp3) is 0.100. The molecule has 2 aromatic carbocycles. The highest BCUT2D eigenvalue weighted by Gasteiger charge is 2.18. The van der Waals surface area contributed by atoms with Gasteiger partial charge in [0.2, 0.25) is 0 Å². The summed E-state index contributed by atoms with van der Waals surface area (Å²) in [5.74, 6) is 0. The minimum atomic E-state index is -0.187. The monoisotopic (exact) mass is 429 g/mol. The van der Waals surface area contributed by atoms with Gasteiger partial charge in [-0.25, -0.2) is 4.98 Å². The van der Waals surface area contributed by atoms with E-state index in [1.807, 2.05) is 66.7 Å². The van der Waals surface area contributed by atoms with Crippen LogP contribution in [0, 0.1) is 0 Å². The zero-order valence-electron chi connectivity index (χ0n) is 13.8. The molecule has 1 unspecified atom stereocenters. The van der Waals surface area contributed by atoms with Gasteiger partial charge in [0.25, 0.3) is 0 Å². The first kappa shape index (κ1) is 18.6. The summed E-state index contributed by atoms with van der Waals surface area (Å²) in [7, 11) is 0. The number of nitrogens with zero attached hydrogens (tertiary/aromatic N) is 2. The molecule has 2 aromatic heterocycles. The third kappa shape index (κ3) is 3.65. The molecule has 4 aromatic rings. The molecule has 0 aliphatic heterocycles. The zero-order chi connectivity index (χ0) is 17.2. The summed E-state index contributed by atoms with van der Waals surface area (Å²) in [6, 6.07) is 21.6. The van der Waals surface area contributed by atoms with Crippen LogP contribution in [-0.4, -0.2) is 10.1 Å². The number of nitrogens with two attached hydrogens (primary N) is 1. The number of halogens is 2. The van der Waals surface area contributed by atoms with Crippen molar-refractivity contribution in [3.05, 3.63) is 82.6 Å². The van der Waals surface area contributed by atoms with Gasteiger partial charge < -0.3 is 10.3 Å². The first-order chi connectivity index (χ1) is 12.2. The van der Waals surface area contributed by atoms with Gasteiger partial charge >= 0.3 is 0 Å². The van der Waals surface area contributed by atoms with Crippen molar-refractivity contribution in [2.45, 2.75) is 12.5 Å². The molecule has 6 heteroatoms.